The highest BCUT2D eigenvalue weighted by atomic mass is 14.9. The highest BCUT2D eigenvalue weighted by Crippen LogP contribution is 2.02. The zero-order valence-electron chi connectivity index (χ0n) is 16.6. The number of aromatic nitrogens is 2. The molecular weight excluding hydrogens is 315 g/mol. The summed E-state index contributed by atoms with van der Waals surface area (Å²) in [5, 5.41) is 0. The van der Waals surface area contributed by atoms with Crippen molar-refractivity contribution in [1.29, 1.82) is 0 Å². The molecule has 1 aromatic heterocycles. The predicted molar refractivity (Wildman–Crippen MR) is 115 cm³/mol. The minimum Gasteiger partial charge on any atom is -0.346 e. The fourth-order valence-electron chi connectivity index (χ4n) is 2.87. The van der Waals surface area contributed by atoms with Crippen LogP contribution in [0.3, 0.4) is 0 Å². The van der Waals surface area contributed by atoms with Gasteiger partial charge in [0.1, 0.15) is 5.82 Å². The van der Waals surface area contributed by atoms with Crippen molar-refractivity contribution in [2.75, 3.05) is 0 Å². The Morgan fingerprint density at radius 3 is 2.15 bits per heavy atom. The monoisotopic (exact) mass is 346 g/mol. The Bertz CT molecular complexity index is 747. The number of hydrogen-bond acceptors (Lipinski definition) is 1. The Balaban J connectivity index is 0.000000197. The molecule has 2 aromatic carbocycles. The summed E-state index contributed by atoms with van der Waals surface area (Å²) in [6, 6.07) is 19.4. The molecule has 1 heterocycles. The predicted octanol–water partition coefficient (Wildman–Crippen LogP) is 4.55. The third-order valence-electron chi connectivity index (χ3n) is 4.69. The van der Waals surface area contributed by atoms with Gasteiger partial charge in [-0.05, 0) is 19.8 Å². The summed E-state index contributed by atoms with van der Waals surface area (Å²) in [6.07, 6.45) is 6.61. The molecule has 0 unspecified atom stereocenters. The van der Waals surface area contributed by atoms with Crippen molar-refractivity contribution >= 4 is 17.6 Å². The molecule has 2 nitrogen and oxygen atoms in total. The van der Waals surface area contributed by atoms with E-state index in [1.807, 2.05) is 6.20 Å². The average molecular weight is 346 g/mol. The Labute approximate surface area is 159 Å². The maximum Gasteiger partial charge on any atom is 0.206 e. The maximum absolute atomic E-state index is 4.23. The molecule has 0 saturated heterocycles. The van der Waals surface area contributed by atoms with E-state index in [-0.39, 0.29) is 0 Å². The van der Waals surface area contributed by atoms with E-state index in [1.54, 1.807) is 0 Å². The summed E-state index contributed by atoms with van der Waals surface area (Å²) in [5.74, 6) is 1.11. The molecule has 0 aliphatic heterocycles. The van der Waals surface area contributed by atoms with Crippen LogP contribution in [0.15, 0.2) is 60.8 Å². The van der Waals surface area contributed by atoms with Gasteiger partial charge in [0.25, 0.3) is 0 Å². The first-order valence-electron chi connectivity index (χ1n) is 9.78. The van der Waals surface area contributed by atoms with E-state index in [0.29, 0.717) is 6.71 Å². The second kappa shape index (κ2) is 10.6. The average Bonchev–Trinajstić information content (AvgIpc) is 3.16. The zero-order valence-corrected chi connectivity index (χ0v) is 16.6. The lowest BCUT2D eigenvalue weighted by Gasteiger charge is -2.08. The minimum atomic E-state index is 0.479. The highest BCUT2D eigenvalue weighted by molar-refractivity contribution is 6.84. The van der Waals surface area contributed by atoms with Gasteiger partial charge in [-0.1, -0.05) is 98.2 Å². The first kappa shape index (κ1) is 20.0. The lowest BCUT2D eigenvalue weighted by molar-refractivity contribution is 0.777. The third kappa shape index (κ3) is 6.22. The molecule has 0 aliphatic rings. The molecule has 0 spiro atoms. The van der Waals surface area contributed by atoms with E-state index in [2.05, 4.69) is 92.2 Å². The first-order chi connectivity index (χ1) is 12.6. The van der Waals surface area contributed by atoms with Gasteiger partial charge in [-0.15, -0.1) is 0 Å². The molecule has 3 aromatic rings. The summed E-state index contributed by atoms with van der Waals surface area (Å²) in [4.78, 5) is 7.52. The Morgan fingerprint density at radius 2 is 1.58 bits per heavy atom. The quantitative estimate of drug-likeness (QED) is 0.652. The summed E-state index contributed by atoms with van der Waals surface area (Å²) in [6.45, 7) is 9.17. The van der Waals surface area contributed by atoms with Crippen LogP contribution in [0.2, 0.25) is 6.82 Å². The van der Waals surface area contributed by atoms with Gasteiger partial charge in [0.05, 0.1) is 0 Å². The number of imidazole rings is 1. The van der Waals surface area contributed by atoms with Crippen LogP contribution in [0, 0.1) is 6.92 Å². The van der Waals surface area contributed by atoms with Crippen LogP contribution >= 0.6 is 0 Å². The van der Waals surface area contributed by atoms with Crippen molar-refractivity contribution in [2.45, 2.75) is 53.3 Å². The van der Waals surface area contributed by atoms with Crippen LogP contribution < -0.4 is 10.9 Å². The number of aromatic amines is 1. The molecule has 26 heavy (non-hydrogen) atoms. The van der Waals surface area contributed by atoms with Gasteiger partial charge in [-0.3, -0.25) is 0 Å². The van der Waals surface area contributed by atoms with Crippen LogP contribution in [0.4, 0.5) is 0 Å². The number of unbranched alkanes of at least 4 members (excludes halogenated alkanes) is 1. The Hall–Kier alpha value is -2.29. The molecule has 3 rings (SSSR count). The van der Waals surface area contributed by atoms with E-state index >= 15 is 0 Å². The lowest BCUT2D eigenvalue weighted by atomic mass is 9.42. The van der Waals surface area contributed by atoms with Crippen molar-refractivity contribution in [2.24, 2.45) is 0 Å². The smallest absolute Gasteiger partial charge is 0.206 e. The third-order valence-corrected chi connectivity index (χ3v) is 4.69. The zero-order chi connectivity index (χ0) is 18.8. The number of nitrogens with zero attached hydrogens (tertiary/aromatic N) is 1. The molecular formula is C23H31BN2. The number of aryl methyl sites for hydroxylation is 3. The number of hydrogen-bond donors (Lipinski definition) is 1. The molecule has 0 amide bonds. The van der Waals surface area contributed by atoms with Gasteiger partial charge in [-0.25, -0.2) is 4.98 Å². The molecule has 0 bridgehead atoms. The molecule has 0 radical (unpaired) electrons. The van der Waals surface area contributed by atoms with Crippen LogP contribution in [0.25, 0.3) is 0 Å². The van der Waals surface area contributed by atoms with Crippen LogP contribution in [0.1, 0.15) is 43.8 Å². The largest absolute Gasteiger partial charge is 0.346 e. The summed E-state index contributed by atoms with van der Waals surface area (Å²) >= 11 is 0. The van der Waals surface area contributed by atoms with E-state index in [9.17, 15) is 0 Å². The number of benzene rings is 2. The van der Waals surface area contributed by atoms with E-state index < -0.39 is 0 Å². The normalized spacial score (nSPS) is 10.2. The van der Waals surface area contributed by atoms with Crippen LogP contribution in [-0.4, -0.2) is 16.7 Å². The van der Waals surface area contributed by atoms with Crippen LogP contribution in [-0.2, 0) is 12.8 Å². The summed E-state index contributed by atoms with van der Waals surface area (Å²) in [5.41, 5.74) is 5.36. The molecule has 0 fully saturated rings. The Kier molecular flexibility index (Phi) is 8.20. The molecule has 136 valence electrons. The van der Waals surface area contributed by atoms with Crippen molar-refractivity contribution in [3.8, 4) is 0 Å². The van der Waals surface area contributed by atoms with Crippen molar-refractivity contribution in [3.05, 3.63) is 77.9 Å². The van der Waals surface area contributed by atoms with Gasteiger partial charge in [0.15, 0.2) is 0 Å². The van der Waals surface area contributed by atoms with E-state index in [1.165, 1.54) is 35.0 Å². The van der Waals surface area contributed by atoms with Crippen molar-refractivity contribution < 1.29 is 0 Å². The van der Waals surface area contributed by atoms with Crippen LogP contribution in [0.5, 0.6) is 0 Å². The van der Waals surface area contributed by atoms with E-state index in [0.717, 1.165) is 18.7 Å². The van der Waals surface area contributed by atoms with Gasteiger partial charge >= 0.3 is 0 Å². The number of rotatable bonds is 6. The van der Waals surface area contributed by atoms with Crippen molar-refractivity contribution in [3.63, 3.8) is 0 Å². The SMILES string of the molecule is CB(c1ccccc1)c1ccc(C)cc1.CCCCc1cnc(CC)[nH]1. The maximum atomic E-state index is 4.23. The minimum absolute atomic E-state index is 0.479. The molecule has 1 N–H and O–H groups in total. The van der Waals surface area contributed by atoms with Gasteiger partial charge in [0.2, 0.25) is 6.71 Å². The second-order valence-corrected chi connectivity index (χ2v) is 6.86. The van der Waals surface area contributed by atoms with E-state index in [4.69, 9.17) is 0 Å². The summed E-state index contributed by atoms with van der Waals surface area (Å²) in [7, 11) is 0. The highest BCUT2D eigenvalue weighted by Gasteiger charge is 2.11. The molecule has 0 atom stereocenters. The van der Waals surface area contributed by atoms with Gasteiger partial charge in [0, 0.05) is 18.3 Å². The van der Waals surface area contributed by atoms with Gasteiger partial charge < -0.3 is 4.98 Å². The lowest BCUT2D eigenvalue weighted by Crippen LogP contribution is -2.38. The Morgan fingerprint density at radius 1 is 0.923 bits per heavy atom. The number of H-pyrrole nitrogens is 1. The first-order valence-corrected chi connectivity index (χ1v) is 9.78. The van der Waals surface area contributed by atoms with Gasteiger partial charge in [-0.2, -0.15) is 0 Å². The fourth-order valence-corrected chi connectivity index (χ4v) is 2.87. The molecule has 3 heteroatoms. The van der Waals surface area contributed by atoms with Crippen molar-refractivity contribution in [1.82, 2.24) is 9.97 Å². The number of nitrogens with one attached hydrogen (secondary N) is 1. The molecule has 0 saturated carbocycles. The fraction of sp³-hybridized carbons (Fsp3) is 0.348. The topological polar surface area (TPSA) is 28.7 Å². The summed E-state index contributed by atoms with van der Waals surface area (Å²) < 4.78 is 0. The molecule has 0 aliphatic carbocycles. The second-order valence-electron chi connectivity index (χ2n) is 6.86. The standard InChI is InChI=1S/C14H15B.C9H16N2/c1-12-8-10-14(11-9-12)15(2)13-6-4-3-5-7-13;1-3-5-6-8-7-10-9(4-2)11-8/h3-11H,1-2H3;7H,3-6H2,1-2H3,(H,10,11).